The summed E-state index contributed by atoms with van der Waals surface area (Å²) in [5.41, 5.74) is 4.41. The molecule has 0 amide bonds. The molecule has 5 rings (SSSR count). The molecular formula is C21H15N5O2. The van der Waals surface area contributed by atoms with E-state index in [4.69, 9.17) is 4.42 Å². The minimum absolute atomic E-state index is 0.0155. The van der Waals surface area contributed by atoms with E-state index in [-0.39, 0.29) is 12.2 Å². The fraction of sp³-hybridized carbons (Fsp3) is 0.0952. The topological polar surface area (TPSA) is 86.7 Å². The van der Waals surface area contributed by atoms with Gasteiger partial charge in [0.05, 0.1) is 18.3 Å². The Morgan fingerprint density at radius 2 is 1.93 bits per heavy atom. The predicted octanol–water partition coefficient (Wildman–Crippen LogP) is 3.60. The second kappa shape index (κ2) is 6.38. The third kappa shape index (κ3) is 2.92. The number of rotatable bonds is 4. The van der Waals surface area contributed by atoms with Gasteiger partial charge in [-0.15, -0.1) is 0 Å². The second-order valence-corrected chi connectivity index (χ2v) is 6.63. The summed E-state index contributed by atoms with van der Waals surface area (Å²) in [6.45, 7) is 0. The van der Waals surface area contributed by atoms with E-state index in [0.717, 1.165) is 22.0 Å². The Labute approximate surface area is 159 Å². The van der Waals surface area contributed by atoms with E-state index in [1.54, 1.807) is 41.5 Å². The summed E-state index contributed by atoms with van der Waals surface area (Å²) in [6.07, 6.45) is 8.81. The van der Waals surface area contributed by atoms with Crippen LogP contribution in [-0.2, 0) is 13.5 Å². The maximum absolute atomic E-state index is 12.7. The average Bonchev–Trinajstić information content (AvgIpc) is 3.35. The summed E-state index contributed by atoms with van der Waals surface area (Å²) in [4.78, 5) is 25.7. The number of ketones is 1. The van der Waals surface area contributed by atoms with Crippen LogP contribution in [0.25, 0.3) is 33.1 Å². The van der Waals surface area contributed by atoms with Gasteiger partial charge in [-0.25, -0.2) is 4.98 Å². The van der Waals surface area contributed by atoms with Crippen LogP contribution in [0.4, 0.5) is 0 Å². The van der Waals surface area contributed by atoms with E-state index >= 15 is 0 Å². The number of hydrogen-bond donors (Lipinski definition) is 0. The first kappa shape index (κ1) is 16.3. The van der Waals surface area contributed by atoms with E-state index in [2.05, 4.69) is 20.1 Å². The molecule has 0 saturated carbocycles. The van der Waals surface area contributed by atoms with Gasteiger partial charge in [0.15, 0.2) is 17.8 Å². The number of fused-ring (bicyclic) bond motifs is 2. The highest BCUT2D eigenvalue weighted by Gasteiger charge is 2.11. The van der Waals surface area contributed by atoms with Gasteiger partial charge in [-0.1, -0.05) is 0 Å². The lowest BCUT2D eigenvalue weighted by Gasteiger charge is -2.05. The minimum Gasteiger partial charge on any atom is -0.443 e. The van der Waals surface area contributed by atoms with E-state index < -0.39 is 0 Å². The monoisotopic (exact) mass is 369 g/mol. The molecule has 0 spiro atoms. The van der Waals surface area contributed by atoms with E-state index in [0.29, 0.717) is 22.4 Å². The largest absolute Gasteiger partial charge is 0.443 e. The third-order valence-corrected chi connectivity index (χ3v) is 4.65. The number of Topliss-reactive ketones (excluding diaryl/α,β-unsaturated/α-hetero) is 1. The van der Waals surface area contributed by atoms with Crippen LogP contribution < -0.4 is 0 Å². The maximum Gasteiger partial charge on any atom is 0.181 e. The zero-order chi connectivity index (χ0) is 19.1. The van der Waals surface area contributed by atoms with Gasteiger partial charge >= 0.3 is 0 Å². The first-order chi connectivity index (χ1) is 13.7. The highest BCUT2D eigenvalue weighted by molar-refractivity contribution is 6.00. The lowest BCUT2D eigenvalue weighted by Crippen LogP contribution is -2.05. The summed E-state index contributed by atoms with van der Waals surface area (Å²) in [5.74, 6) is -0.0155. The van der Waals surface area contributed by atoms with Gasteiger partial charge in [0.25, 0.3) is 0 Å². The summed E-state index contributed by atoms with van der Waals surface area (Å²) in [6, 6.07) is 9.18. The third-order valence-electron chi connectivity index (χ3n) is 4.65. The predicted molar refractivity (Wildman–Crippen MR) is 104 cm³/mol. The van der Waals surface area contributed by atoms with Crippen molar-refractivity contribution in [2.24, 2.45) is 7.05 Å². The van der Waals surface area contributed by atoms with Gasteiger partial charge in [0.2, 0.25) is 0 Å². The number of nitrogens with zero attached hydrogens (tertiary/aromatic N) is 5. The van der Waals surface area contributed by atoms with Gasteiger partial charge in [-0.05, 0) is 35.7 Å². The number of aromatic nitrogens is 5. The van der Waals surface area contributed by atoms with Crippen molar-refractivity contribution in [2.45, 2.75) is 6.42 Å². The maximum atomic E-state index is 12.7. The zero-order valence-corrected chi connectivity index (χ0v) is 15.0. The Bertz CT molecular complexity index is 1340. The van der Waals surface area contributed by atoms with Crippen molar-refractivity contribution in [3.05, 3.63) is 72.8 Å². The van der Waals surface area contributed by atoms with Crippen molar-refractivity contribution in [1.29, 1.82) is 0 Å². The first-order valence-corrected chi connectivity index (χ1v) is 8.76. The van der Waals surface area contributed by atoms with Crippen molar-refractivity contribution in [2.75, 3.05) is 0 Å². The molecule has 1 aromatic carbocycles. The molecule has 0 bridgehead atoms. The van der Waals surface area contributed by atoms with E-state index in [1.807, 2.05) is 25.4 Å². The Kier molecular flexibility index (Phi) is 3.72. The van der Waals surface area contributed by atoms with Crippen LogP contribution in [0.1, 0.15) is 16.1 Å². The molecule has 7 nitrogen and oxygen atoms in total. The van der Waals surface area contributed by atoms with Crippen molar-refractivity contribution < 1.29 is 9.21 Å². The molecule has 0 radical (unpaired) electrons. The molecule has 7 heteroatoms. The smallest absolute Gasteiger partial charge is 0.181 e. The molecule has 136 valence electrons. The number of oxazole rings is 1. The van der Waals surface area contributed by atoms with Crippen LogP contribution in [0.15, 0.2) is 65.9 Å². The molecule has 0 N–H and O–H groups in total. The lowest BCUT2D eigenvalue weighted by molar-refractivity contribution is 0.0992. The average molecular weight is 369 g/mol. The van der Waals surface area contributed by atoms with E-state index in [9.17, 15) is 4.79 Å². The summed E-state index contributed by atoms with van der Waals surface area (Å²) in [5, 5.41) is 6.10. The SMILES string of the molecule is Cn1cc(-c2cc3cc(CC(=O)c4ccc5ocnc5c4)ncc3cn2)cn1. The molecule has 0 fully saturated rings. The number of carbonyl (C=O) groups excluding carboxylic acids is 1. The van der Waals surface area contributed by atoms with E-state index in [1.165, 1.54) is 6.39 Å². The van der Waals surface area contributed by atoms with Crippen LogP contribution in [0.5, 0.6) is 0 Å². The molecule has 5 aromatic rings. The standard InChI is InChI=1S/C21H15N5O2/c1-26-11-16(10-25-26)18-6-14-4-17(22-8-15(14)9-23-18)7-20(27)13-2-3-21-19(5-13)24-12-28-21/h2-6,8-12H,7H2,1H3. The lowest BCUT2D eigenvalue weighted by atomic mass is 10.0. The van der Waals surface area contributed by atoms with Crippen LogP contribution in [-0.4, -0.2) is 30.5 Å². The van der Waals surface area contributed by atoms with Crippen LogP contribution in [0, 0.1) is 0 Å². The Morgan fingerprint density at radius 1 is 1.04 bits per heavy atom. The number of benzene rings is 1. The first-order valence-electron chi connectivity index (χ1n) is 8.76. The van der Waals surface area contributed by atoms with Crippen LogP contribution >= 0.6 is 0 Å². The summed E-state index contributed by atoms with van der Waals surface area (Å²) < 4.78 is 6.96. The molecule has 0 atom stereocenters. The fourth-order valence-corrected chi connectivity index (χ4v) is 3.19. The van der Waals surface area contributed by atoms with Gasteiger partial charge in [-0.2, -0.15) is 5.10 Å². The minimum atomic E-state index is -0.0155. The Balaban J connectivity index is 1.45. The summed E-state index contributed by atoms with van der Waals surface area (Å²) >= 11 is 0. The molecule has 0 aliphatic heterocycles. The number of carbonyl (C=O) groups is 1. The number of pyridine rings is 2. The molecular weight excluding hydrogens is 354 g/mol. The number of hydrogen-bond acceptors (Lipinski definition) is 6. The molecule has 0 unspecified atom stereocenters. The van der Waals surface area contributed by atoms with Gasteiger partial charge in [0.1, 0.15) is 5.52 Å². The normalized spacial score (nSPS) is 11.3. The molecule has 4 heterocycles. The quantitative estimate of drug-likeness (QED) is 0.450. The van der Waals surface area contributed by atoms with Gasteiger partial charge < -0.3 is 4.42 Å². The van der Waals surface area contributed by atoms with Gasteiger partial charge in [0, 0.05) is 47.8 Å². The fourth-order valence-electron chi connectivity index (χ4n) is 3.19. The molecule has 0 saturated heterocycles. The Hall–Kier alpha value is -3.87. The molecule has 4 aromatic heterocycles. The molecule has 0 aliphatic rings. The van der Waals surface area contributed by atoms with Gasteiger partial charge in [-0.3, -0.25) is 19.4 Å². The number of aryl methyl sites for hydroxylation is 1. The van der Waals surface area contributed by atoms with Crippen LogP contribution in [0.2, 0.25) is 0 Å². The van der Waals surface area contributed by atoms with Crippen molar-refractivity contribution in [1.82, 2.24) is 24.7 Å². The molecule has 28 heavy (non-hydrogen) atoms. The highest BCUT2D eigenvalue weighted by atomic mass is 16.3. The zero-order valence-electron chi connectivity index (χ0n) is 15.0. The molecule has 0 aliphatic carbocycles. The second-order valence-electron chi connectivity index (χ2n) is 6.63. The van der Waals surface area contributed by atoms with Crippen molar-refractivity contribution in [3.63, 3.8) is 0 Å². The van der Waals surface area contributed by atoms with Crippen molar-refractivity contribution in [3.8, 4) is 11.3 Å². The van der Waals surface area contributed by atoms with Crippen LogP contribution in [0.3, 0.4) is 0 Å². The van der Waals surface area contributed by atoms with Crippen molar-refractivity contribution >= 4 is 27.7 Å². The highest BCUT2D eigenvalue weighted by Crippen LogP contribution is 2.22. The Morgan fingerprint density at radius 3 is 2.79 bits per heavy atom. The summed E-state index contributed by atoms with van der Waals surface area (Å²) in [7, 11) is 1.87.